The van der Waals surface area contributed by atoms with Gasteiger partial charge in [0.15, 0.2) is 11.5 Å². The van der Waals surface area contributed by atoms with E-state index in [0.29, 0.717) is 16.0 Å². The van der Waals surface area contributed by atoms with Gasteiger partial charge in [-0.3, -0.25) is 4.79 Å². The Balaban J connectivity index is 2.06. The van der Waals surface area contributed by atoms with Gasteiger partial charge in [-0.25, -0.2) is 4.98 Å². The lowest BCUT2D eigenvalue weighted by atomic mass is 10.1. The number of fused-ring (bicyclic) bond motifs is 1. The van der Waals surface area contributed by atoms with Crippen molar-refractivity contribution in [2.45, 2.75) is 18.9 Å². The average molecular weight is 501 g/mol. The number of aromatic amines is 1. The van der Waals surface area contributed by atoms with E-state index in [9.17, 15) is 18.0 Å². The number of ether oxygens (including phenoxy) is 1. The van der Waals surface area contributed by atoms with Crippen molar-refractivity contribution in [2.75, 3.05) is 13.4 Å². The summed E-state index contributed by atoms with van der Waals surface area (Å²) in [6, 6.07) is 7.97. The van der Waals surface area contributed by atoms with Crippen LogP contribution in [0.3, 0.4) is 0 Å². The van der Waals surface area contributed by atoms with Crippen LogP contribution in [0.2, 0.25) is 0 Å². The van der Waals surface area contributed by atoms with Crippen molar-refractivity contribution in [3.8, 4) is 34.9 Å². The van der Waals surface area contributed by atoms with Crippen LogP contribution in [0, 0.1) is 19.3 Å². The molecule has 0 bridgehead atoms. The van der Waals surface area contributed by atoms with Gasteiger partial charge in [0.2, 0.25) is 5.89 Å². The Kier molecular flexibility index (Phi) is 6.49. The molecule has 3 heterocycles. The Labute approximate surface area is 202 Å². The molecular weight excluding hydrogens is 481 g/mol. The van der Waals surface area contributed by atoms with E-state index in [1.165, 1.54) is 37.1 Å². The molecule has 4 aromatic rings. The van der Waals surface area contributed by atoms with Crippen LogP contribution in [0.15, 0.2) is 45.6 Å². The zero-order chi connectivity index (χ0) is 25.3. The first-order valence-corrected chi connectivity index (χ1v) is 11.6. The van der Waals surface area contributed by atoms with Crippen LogP contribution in [0.25, 0.3) is 34.0 Å². The third kappa shape index (κ3) is 4.33. The minimum Gasteiger partial charge on any atom is -0.494 e. The number of terminal acetylenes is 1. The summed E-state index contributed by atoms with van der Waals surface area (Å²) in [5.41, 5.74) is -1.41. The van der Waals surface area contributed by atoms with Crippen molar-refractivity contribution in [3.05, 3.63) is 69.6 Å². The number of nitrogens with zero attached hydrogens (tertiary/aromatic N) is 3. The highest BCUT2D eigenvalue weighted by atomic mass is 32.2. The first-order valence-electron chi connectivity index (χ1n) is 10.2. The van der Waals surface area contributed by atoms with Gasteiger partial charge in [-0.05, 0) is 18.7 Å². The molecule has 0 spiro atoms. The predicted octanol–water partition coefficient (Wildman–Crippen LogP) is 5.16. The van der Waals surface area contributed by atoms with Crippen LogP contribution in [0.5, 0.6) is 0 Å². The smallest absolute Gasteiger partial charge is 0.435 e. The van der Waals surface area contributed by atoms with Crippen LogP contribution >= 0.6 is 11.8 Å². The van der Waals surface area contributed by atoms with Crippen molar-refractivity contribution in [3.63, 3.8) is 0 Å². The van der Waals surface area contributed by atoms with Crippen LogP contribution in [0.4, 0.5) is 13.2 Å². The van der Waals surface area contributed by atoms with Gasteiger partial charge >= 0.3 is 6.18 Å². The maximum atomic E-state index is 14.0. The molecule has 35 heavy (non-hydrogen) atoms. The minimum absolute atomic E-state index is 0.0341. The van der Waals surface area contributed by atoms with Gasteiger partial charge in [0.1, 0.15) is 22.7 Å². The first kappa shape index (κ1) is 24.2. The summed E-state index contributed by atoms with van der Waals surface area (Å²) in [6.45, 7) is 1.61. The van der Waals surface area contributed by atoms with E-state index < -0.39 is 17.4 Å². The van der Waals surface area contributed by atoms with Gasteiger partial charge < -0.3 is 14.1 Å². The van der Waals surface area contributed by atoms with Crippen LogP contribution in [-0.4, -0.2) is 32.9 Å². The highest BCUT2D eigenvalue weighted by molar-refractivity contribution is 7.97. The molecule has 0 aliphatic carbocycles. The molecular formula is C24H19F3N4O3S. The number of rotatable bonds is 6. The molecule has 0 aliphatic rings. The molecule has 7 nitrogen and oxygen atoms in total. The van der Waals surface area contributed by atoms with Crippen molar-refractivity contribution >= 4 is 23.2 Å². The van der Waals surface area contributed by atoms with Gasteiger partial charge in [-0.1, -0.05) is 36.3 Å². The largest absolute Gasteiger partial charge is 0.494 e. The normalized spacial score (nSPS) is 12.2. The predicted molar refractivity (Wildman–Crippen MR) is 128 cm³/mol. The van der Waals surface area contributed by atoms with Gasteiger partial charge in [-0.15, -0.1) is 6.42 Å². The Morgan fingerprint density at radius 1 is 1.31 bits per heavy atom. The summed E-state index contributed by atoms with van der Waals surface area (Å²) in [6.07, 6.45) is 3.69. The molecule has 1 N–H and O–H groups in total. The fraction of sp³-hybridized carbons (Fsp3) is 0.208. The molecule has 0 fully saturated rings. The van der Waals surface area contributed by atoms with Gasteiger partial charge in [0.25, 0.3) is 5.56 Å². The Bertz CT molecular complexity index is 1530. The number of halogens is 3. The molecule has 0 atom stereocenters. The second kappa shape index (κ2) is 9.38. The number of aryl methyl sites for hydroxylation is 1. The number of hydrogen-bond acceptors (Lipinski definition) is 6. The second-order valence-electron chi connectivity index (χ2n) is 7.37. The fourth-order valence-electron chi connectivity index (χ4n) is 3.70. The number of allylic oxidation sites excluding steroid dienone is 1. The number of alkyl halides is 3. The molecule has 0 saturated carbocycles. The summed E-state index contributed by atoms with van der Waals surface area (Å²) in [5.74, 6) is 3.09. The number of hydrogen-bond donors (Lipinski definition) is 1. The number of benzene rings is 1. The summed E-state index contributed by atoms with van der Waals surface area (Å²) in [4.78, 5) is 20.9. The Morgan fingerprint density at radius 2 is 2.03 bits per heavy atom. The van der Waals surface area contributed by atoms with Gasteiger partial charge in [0, 0.05) is 17.5 Å². The van der Waals surface area contributed by atoms with Crippen molar-refractivity contribution in [1.29, 1.82) is 0 Å². The average Bonchev–Trinajstić information content (AvgIpc) is 3.39. The Hall–Kier alpha value is -3.91. The van der Waals surface area contributed by atoms with Gasteiger partial charge in [-0.2, -0.15) is 34.5 Å². The van der Waals surface area contributed by atoms with E-state index in [2.05, 4.69) is 21.0 Å². The van der Waals surface area contributed by atoms with E-state index >= 15 is 0 Å². The van der Waals surface area contributed by atoms with E-state index in [4.69, 9.17) is 15.6 Å². The number of H-pyrrole nitrogens is 1. The van der Waals surface area contributed by atoms with Crippen LogP contribution < -0.4 is 5.56 Å². The summed E-state index contributed by atoms with van der Waals surface area (Å²) < 4.78 is 53.6. The third-order valence-corrected chi connectivity index (χ3v) is 5.74. The second-order valence-corrected chi connectivity index (χ2v) is 8.23. The van der Waals surface area contributed by atoms with E-state index in [-0.39, 0.29) is 45.4 Å². The molecule has 3 aromatic heterocycles. The van der Waals surface area contributed by atoms with Crippen molar-refractivity contribution in [2.24, 2.45) is 0 Å². The lowest BCUT2D eigenvalue weighted by Gasteiger charge is -2.09. The number of oxazole rings is 1. The highest BCUT2D eigenvalue weighted by Gasteiger charge is 2.39. The fourth-order valence-corrected chi connectivity index (χ4v) is 4.21. The lowest BCUT2D eigenvalue weighted by molar-refractivity contribution is -0.140. The molecule has 0 saturated heterocycles. The molecule has 11 heteroatoms. The SMILES string of the molecule is C#C/C=C(/OC)c1nc(-c2c(CSC)[nH]c3c(-c4ccccc4)c(C(F)(F)F)nn3c2=O)oc1C. The standard InChI is InChI=1S/C24H19F3N4O3S/c1-5-9-16(33-3)19-13(2)34-22(29-19)18-15(12-35-4)28-21-17(14-10-7-6-8-11-14)20(24(25,26)27)30-31(21)23(18)32/h1,6-11,28H,12H2,2-4H3/b16-9+. The van der Waals surface area contributed by atoms with E-state index in [1.54, 1.807) is 31.4 Å². The topological polar surface area (TPSA) is 85.4 Å². The monoisotopic (exact) mass is 500 g/mol. The highest BCUT2D eigenvalue weighted by Crippen LogP contribution is 2.38. The molecule has 180 valence electrons. The molecule has 0 amide bonds. The summed E-state index contributed by atoms with van der Waals surface area (Å²) in [5, 5.41) is 3.67. The molecule has 0 aliphatic heterocycles. The first-order chi connectivity index (χ1) is 16.7. The van der Waals surface area contributed by atoms with Gasteiger partial charge in [0.05, 0.1) is 12.7 Å². The molecule has 0 unspecified atom stereocenters. The van der Waals surface area contributed by atoms with Crippen LogP contribution in [-0.2, 0) is 16.7 Å². The zero-order valence-electron chi connectivity index (χ0n) is 18.9. The van der Waals surface area contributed by atoms with E-state index in [1.807, 2.05) is 0 Å². The number of nitrogens with one attached hydrogen (secondary N) is 1. The minimum atomic E-state index is -4.79. The number of methoxy groups -OCH3 is 1. The van der Waals surface area contributed by atoms with Crippen molar-refractivity contribution < 1.29 is 22.3 Å². The Morgan fingerprint density at radius 3 is 2.63 bits per heavy atom. The summed E-state index contributed by atoms with van der Waals surface area (Å²) in [7, 11) is 1.41. The van der Waals surface area contributed by atoms with E-state index in [0.717, 1.165) is 0 Å². The lowest BCUT2D eigenvalue weighted by Crippen LogP contribution is -2.20. The quantitative estimate of drug-likeness (QED) is 0.291. The van der Waals surface area contributed by atoms with Crippen LogP contribution in [0.1, 0.15) is 22.8 Å². The van der Waals surface area contributed by atoms with Crippen molar-refractivity contribution in [1.82, 2.24) is 19.6 Å². The number of aromatic nitrogens is 4. The molecule has 0 radical (unpaired) electrons. The number of thioether (sulfide) groups is 1. The zero-order valence-corrected chi connectivity index (χ0v) is 19.7. The summed E-state index contributed by atoms with van der Waals surface area (Å²) >= 11 is 1.37. The molecule has 1 aromatic carbocycles. The molecule has 4 rings (SSSR count). The third-order valence-electron chi connectivity index (χ3n) is 5.16. The maximum Gasteiger partial charge on any atom is 0.435 e. The maximum absolute atomic E-state index is 14.0.